The van der Waals surface area contributed by atoms with E-state index in [1.807, 2.05) is 12.2 Å². The summed E-state index contributed by atoms with van der Waals surface area (Å²) in [5.41, 5.74) is 0. The van der Waals surface area contributed by atoms with Crippen molar-refractivity contribution in [1.82, 2.24) is 5.32 Å². The van der Waals surface area contributed by atoms with Crippen molar-refractivity contribution in [2.45, 2.75) is 38.1 Å². The minimum atomic E-state index is -0.821. The summed E-state index contributed by atoms with van der Waals surface area (Å²) in [6.45, 7) is 0. The molecule has 18 heavy (non-hydrogen) atoms. The molecule has 0 aromatic heterocycles. The van der Waals surface area contributed by atoms with Crippen molar-refractivity contribution < 1.29 is 14.7 Å². The van der Waals surface area contributed by atoms with Crippen molar-refractivity contribution in [2.24, 2.45) is 23.7 Å². The number of hydrogen-bond donors (Lipinski definition) is 2. The van der Waals surface area contributed by atoms with Gasteiger partial charge in [-0.3, -0.25) is 9.59 Å². The van der Waals surface area contributed by atoms with Gasteiger partial charge < -0.3 is 10.4 Å². The van der Waals surface area contributed by atoms with Gasteiger partial charge >= 0.3 is 5.97 Å². The molecule has 2 fully saturated rings. The molecule has 4 heteroatoms. The van der Waals surface area contributed by atoms with Crippen LogP contribution in [0.25, 0.3) is 0 Å². The number of carboxylic acids is 1. The third-order valence-electron chi connectivity index (χ3n) is 4.75. The zero-order chi connectivity index (χ0) is 12.7. The zero-order valence-electron chi connectivity index (χ0n) is 10.3. The fourth-order valence-corrected chi connectivity index (χ4v) is 3.88. The van der Waals surface area contributed by atoms with Crippen molar-refractivity contribution >= 4 is 11.9 Å². The summed E-state index contributed by atoms with van der Waals surface area (Å²) in [7, 11) is 0. The SMILES string of the molecule is O=C(O)[C@H]1[C@H](C(=O)NC2CCCC2)[C@H]2C=C[C@@H]1C2. The highest BCUT2D eigenvalue weighted by Crippen LogP contribution is 2.48. The van der Waals surface area contributed by atoms with Crippen LogP contribution in [0.3, 0.4) is 0 Å². The lowest BCUT2D eigenvalue weighted by molar-refractivity contribution is -0.148. The molecule has 0 spiro atoms. The first-order valence-corrected chi connectivity index (χ1v) is 6.88. The first kappa shape index (κ1) is 11.8. The summed E-state index contributed by atoms with van der Waals surface area (Å²) < 4.78 is 0. The van der Waals surface area contributed by atoms with Crippen LogP contribution in [0.5, 0.6) is 0 Å². The van der Waals surface area contributed by atoms with Crippen molar-refractivity contribution in [3.8, 4) is 0 Å². The number of carbonyl (C=O) groups excluding carboxylic acids is 1. The Labute approximate surface area is 106 Å². The molecule has 2 N–H and O–H groups in total. The van der Waals surface area contributed by atoms with E-state index in [0.717, 1.165) is 19.3 Å². The average Bonchev–Trinajstić information content (AvgIpc) is 3.03. The highest BCUT2D eigenvalue weighted by atomic mass is 16.4. The quantitative estimate of drug-likeness (QED) is 0.746. The zero-order valence-corrected chi connectivity index (χ0v) is 10.3. The lowest BCUT2D eigenvalue weighted by Gasteiger charge is -2.25. The van der Waals surface area contributed by atoms with E-state index in [1.54, 1.807) is 0 Å². The van der Waals surface area contributed by atoms with E-state index in [2.05, 4.69) is 5.32 Å². The molecule has 2 bridgehead atoms. The van der Waals surface area contributed by atoms with Gasteiger partial charge in [0.25, 0.3) is 0 Å². The molecule has 0 heterocycles. The Morgan fingerprint density at radius 3 is 2.28 bits per heavy atom. The fourth-order valence-electron chi connectivity index (χ4n) is 3.88. The molecule has 0 aromatic rings. The van der Waals surface area contributed by atoms with E-state index in [9.17, 15) is 14.7 Å². The van der Waals surface area contributed by atoms with E-state index in [4.69, 9.17) is 0 Å². The van der Waals surface area contributed by atoms with Gasteiger partial charge in [0.2, 0.25) is 5.91 Å². The summed E-state index contributed by atoms with van der Waals surface area (Å²) in [5.74, 6) is -1.52. The Morgan fingerprint density at radius 1 is 1.06 bits per heavy atom. The van der Waals surface area contributed by atoms with Crippen LogP contribution in [0.1, 0.15) is 32.1 Å². The maximum atomic E-state index is 12.3. The van der Waals surface area contributed by atoms with Gasteiger partial charge in [-0.2, -0.15) is 0 Å². The maximum absolute atomic E-state index is 12.3. The standard InChI is InChI=1S/C14H19NO3/c16-13(15-10-3-1-2-4-10)11-8-5-6-9(7-8)12(11)14(17)18/h5-6,8-12H,1-4,7H2,(H,15,16)(H,17,18)/t8-,9+,11+,12+/m0/s1. The number of nitrogens with one attached hydrogen (secondary N) is 1. The van der Waals surface area contributed by atoms with Crippen LogP contribution < -0.4 is 5.32 Å². The number of carbonyl (C=O) groups is 2. The predicted octanol–water partition coefficient (Wildman–Crippen LogP) is 1.57. The van der Waals surface area contributed by atoms with E-state index in [0.29, 0.717) is 0 Å². The monoisotopic (exact) mass is 249 g/mol. The summed E-state index contributed by atoms with van der Waals surface area (Å²) in [5, 5.41) is 12.4. The second kappa shape index (κ2) is 4.41. The molecule has 98 valence electrons. The van der Waals surface area contributed by atoms with Crippen LogP contribution in [0.2, 0.25) is 0 Å². The molecule has 0 aromatic carbocycles. The Kier molecular flexibility index (Phi) is 2.88. The number of aliphatic carboxylic acids is 1. The van der Waals surface area contributed by atoms with Crippen LogP contribution in [-0.4, -0.2) is 23.0 Å². The predicted molar refractivity (Wildman–Crippen MR) is 65.8 cm³/mol. The van der Waals surface area contributed by atoms with E-state index in [1.165, 1.54) is 12.8 Å². The molecule has 0 radical (unpaired) electrons. The summed E-state index contributed by atoms with van der Waals surface area (Å²) in [6, 6.07) is 0.273. The molecule has 1 amide bonds. The van der Waals surface area contributed by atoms with Crippen LogP contribution in [0.4, 0.5) is 0 Å². The molecule has 3 rings (SSSR count). The molecular formula is C14H19NO3. The lowest BCUT2D eigenvalue weighted by Crippen LogP contribution is -2.43. The van der Waals surface area contributed by atoms with Gasteiger partial charge in [0.15, 0.2) is 0 Å². The van der Waals surface area contributed by atoms with Gasteiger partial charge in [-0.05, 0) is 31.1 Å². The number of allylic oxidation sites excluding steroid dienone is 2. The number of rotatable bonds is 3. The van der Waals surface area contributed by atoms with Gasteiger partial charge in [-0.1, -0.05) is 25.0 Å². The second-order valence-electron chi connectivity index (χ2n) is 5.83. The second-order valence-corrected chi connectivity index (χ2v) is 5.83. The number of amides is 1. The first-order valence-electron chi connectivity index (χ1n) is 6.88. The maximum Gasteiger partial charge on any atom is 0.307 e. The molecule has 0 aliphatic heterocycles. The fraction of sp³-hybridized carbons (Fsp3) is 0.714. The molecule has 0 saturated heterocycles. The summed E-state index contributed by atoms with van der Waals surface area (Å²) in [6.07, 6.45) is 9.26. The molecule has 3 aliphatic carbocycles. The average molecular weight is 249 g/mol. The lowest BCUT2D eigenvalue weighted by atomic mass is 9.82. The van der Waals surface area contributed by atoms with Crippen LogP contribution >= 0.6 is 0 Å². The molecule has 4 nitrogen and oxygen atoms in total. The molecule has 0 unspecified atom stereocenters. The van der Waals surface area contributed by atoms with Crippen LogP contribution in [-0.2, 0) is 9.59 Å². The van der Waals surface area contributed by atoms with Gasteiger partial charge in [0, 0.05) is 6.04 Å². The van der Waals surface area contributed by atoms with E-state index >= 15 is 0 Å². The van der Waals surface area contributed by atoms with Crippen molar-refractivity contribution in [3.05, 3.63) is 12.2 Å². The highest BCUT2D eigenvalue weighted by molar-refractivity contribution is 5.87. The third-order valence-corrected chi connectivity index (χ3v) is 4.75. The largest absolute Gasteiger partial charge is 0.481 e. The van der Waals surface area contributed by atoms with Gasteiger partial charge in [0.1, 0.15) is 0 Å². The van der Waals surface area contributed by atoms with Crippen molar-refractivity contribution in [2.75, 3.05) is 0 Å². The molecule has 4 atom stereocenters. The van der Waals surface area contributed by atoms with E-state index < -0.39 is 11.9 Å². The number of fused-ring (bicyclic) bond motifs is 2. The normalized spacial score (nSPS) is 38.2. The molecule has 2 saturated carbocycles. The van der Waals surface area contributed by atoms with Crippen molar-refractivity contribution in [1.29, 1.82) is 0 Å². The highest BCUT2D eigenvalue weighted by Gasteiger charge is 2.51. The number of hydrogen-bond acceptors (Lipinski definition) is 2. The van der Waals surface area contributed by atoms with Crippen LogP contribution in [0, 0.1) is 23.7 Å². The molecule has 3 aliphatic rings. The third kappa shape index (κ3) is 1.84. The topological polar surface area (TPSA) is 66.4 Å². The summed E-state index contributed by atoms with van der Waals surface area (Å²) in [4.78, 5) is 23.6. The minimum Gasteiger partial charge on any atom is -0.481 e. The minimum absolute atomic E-state index is 0.0360. The number of carboxylic acid groups (broad SMARTS) is 1. The van der Waals surface area contributed by atoms with Crippen LogP contribution in [0.15, 0.2) is 12.2 Å². The van der Waals surface area contributed by atoms with Gasteiger partial charge in [0.05, 0.1) is 11.8 Å². The first-order chi connectivity index (χ1) is 8.66. The van der Waals surface area contributed by atoms with Gasteiger partial charge in [-0.15, -0.1) is 0 Å². The Balaban J connectivity index is 1.71. The van der Waals surface area contributed by atoms with E-state index in [-0.39, 0.29) is 29.7 Å². The smallest absolute Gasteiger partial charge is 0.307 e. The molecular weight excluding hydrogens is 230 g/mol. The Morgan fingerprint density at radius 2 is 1.67 bits per heavy atom. The van der Waals surface area contributed by atoms with Gasteiger partial charge in [-0.25, -0.2) is 0 Å². The van der Waals surface area contributed by atoms with Crippen molar-refractivity contribution in [3.63, 3.8) is 0 Å². The Hall–Kier alpha value is -1.32. The Bertz CT molecular complexity index is 398. The summed E-state index contributed by atoms with van der Waals surface area (Å²) >= 11 is 0.